The number of halogens is 1. The van der Waals surface area contributed by atoms with E-state index in [0.29, 0.717) is 17.5 Å². The molecule has 0 aliphatic heterocycles. The third-order valence-corrected chi connectivity index (χ3v) is 3.86. The van der Waals surface area contributed by atoms with Crippen LogP contribution in [0.1, 0.15) is 16.7 Å². The molecule has 19 heavy (non-hydrogen) atoms. The topological polar surface area (TPSA) is 20.2 Å². The Kier molecular flexibility index (Phi) is 4.86. The molecule has 0 aromatic heterocycles. The van der Waals surface area contributed by atoms with Crippen molar-refractivity contribution in [1.29, 1.82) is 0 Å². The van der Waals surface area contributed by atoms with Crippen molar-refractivity contribution < 1.29 is 5.11 Å². The highest BCUT2D eigenvalue weighted by atomic mass is 35.5. The van der Waals surface area contributed by atoms with Crippen LogP contribution in [0.15, 0.2) is 48.5 Å². The Balaban J connectivity index is 2.07. The fourth-order valence-corrected chi connectivity index (χ4v) is 2.57. The van der Waals surface area contributed by atoms with Gasteiger partial charge in [0.25, 0.3) is 0 Å². The normalized spacial score (nSPS) is 12.3. The smallest absolute Gasteiger partial charge is 0.115 e. The van der Waals surface area contributed by atoms with E-state index in [0.717, 1.165) is 18.4 Å². The molecule has 0 aliphatic rings. The minimum absolute atomic E-state index is 0.321. The molecule has 0 radical (unpaired) electrons. The molecule has 0 amide bonds. The maximum atomic E-state index is 9.50. The second kappa shape index (κ2) is 6.63. The molecule has 1 N–H and O–H groups in total. The summed E-state index contributed by atoms with van der Waals surface area (Å²) < 4.78 is 0. The van der Waals surface area contributed by atoms with Crippen molar-refractivity contribution in [3.05, 3.63) is 65.2 Å². The van der Waals surface area contributed by atoms with Crippen LogP contribution in [0.2, 0.25) is 0 Å². The first-order valence-electron chi connectivity index (χ1n) is 6.57. The lowest BCUT2D eigenvalue weighted by Gasteiger charge is -2.15. The molecule has 100 valence electrons. The van der Waals surface area contributed by atoms with Crippen LogP contribution in [-0.2, 0) is 12.8 Å². The maximum Gasteiger partial charge on any atom is 0.115 e. The Morgan fingerprint density at radius 3 is 2.53 bits per heavy atom. The van der Waals surface area contributed by atoms with Crippen molar-refractivity contribution in [2.75, 3.05) is 5.88 Å². The van der Waals surface area contributed by atoms with Gasteiger partial charge in [0.2, 0.25) is 0 Å². The van der Waals surface area contributed by atoms with Crippen molar-refractivity contribution in [3.8, 4) is 5.75 Å². The predicted octanol–water partition coefficient (Wildman–Crippen LogP) is 4.34. The van der Waals surface area contributed by atoms with Crippen LogP contribution in [0, 0.1) is 12.8 Å². The van der Waals surface area contributed by atoms with Crippen molar-refractivity contribution >= 4 is 11.6 Å². The number of aromatic hydroxyl groups is 1. The summed E-state index contributed by atoms with van der Waals surface area (Å²) in [5, 5.41) is 9.50. The predicted molar refractivity (Wildman–Crippen MR) is 80.9 cm³/mol. The molecule has 2 aromatic rings. The molecule has 0 bridgehead atoms. The third-order valence-electron chi connectivity index (χ3n) is 3.42. The fraction of sp³-hybridized carbons (Fsp3) is 0.294. The van der Waals surface area contributed by atoms with Crippen LogP contribution in [0.3, 0.4) is 0 Å². The van der Waals surface area contributed by atoms with E-state index < -0.39 is 0 Å². The number of hydrogen-bond donors (Lipinski definition) is 1. The number of aryl methyl sites for hydroxylation is 1. The number of phenolic OH excluding ortho intramolecular Hbond substituents is 1. The zero-order valence-corrected chi connectivity index (χ0v) is 11.9. The first-order valence-corrected chi connectivity index (χ1v) is 7.11. The summed E-state index contributed by atoms with van der Waals surface area (Å²) in [4.78, 5) is 0. The van der Waals surface area contributed by atoms with Gasteiger partial charge in [0.15, 0.2) is 0 Å². The number of phenols is 1. The molecule has 1 atom stereocenters. The van der Waals surface area contributed by atoms with Crippen LogP contribution in [0.5, 0.6) is 5.75 Å². The molecule has 0 heterocycles. The molecular formula is C17H19ClO. The molecule has 0 saturated heterocycles. The summed E-state index contributed by atoms with van der Waals surface area (Å²) in [6, 6.07) is 15.9. The first kappa shape index (κ1) is 14.0. The van der Waals surface area contributed by atoms with Crippen LogP contribution < -0.4 is 0 Å². The number of alkyl halides is 1. The van der Waals surface area contributed by atoms with Crippen molar-refractivity contribution in [1.82, 2.24) is 0 Å². The van der Waals surface area contributed by atoms with Gasteiger partial charge in [0.05, 0.1) is 0 Å². The summed E-state index contributed by atoms with van der Waals surface area (Å²) in [5.74, 6) is 1.34. The minimum atomic E-state index is 0.321. The molecule has 0 spiro atoms. The van der Waals surface area contributed by atoms with Gasteiger partial charge in [-0.2, -0.15) is 0 Å². The lowest BCUT2D eigenvalue weighted by Crippen LogP contribution is -2.11. The summed E-state index contributed by atoms with van der Waals surface area (Å²) >= 11 is 6.10. The Labute approximate surface area is 119 Å². The van der Waals surface area contributed by atoms with Crippen molar-refractivity contribution in [2.45, 2.75) is 19.8 Å². The number of hydrogen-bond acceptors (Lipinski definition) is 1. The van der Waals surface area contributed by atoms with E-state index >= 15 is 0 Å². The quantitative estimate of drug-likeness (QED) is 0.804. The van der Waals surface area contributed by atoms with E-state index in [2.05, 4.69) is 31.2 Å². The SMILES string of the molecule is Cc1ccccc1CC(CCl)Cc1cccc(O)c1. The van der Waals surface area contributed by atoms with E-state index in [1.54, 1.807) is 6.07 Å². The van der Waals surface area contributed by atoms with E-state index in [1.165, 1.54) is 11.1 Å². The molecule has 2 aromatic carbocycles. The van der Waals surface area contributed by atoms with Gasteiger partial charge >= 0.3 is 0 Å². The molecule has 2 rings (SSSR count). The van der Waals surface area contributed by atoms with Crippen LogP contribution >= 0.6 is 11.6 Å². The Morgan fingerprint density at radius 1 is 1.05 bits per heavy atom. The van der Waals surface area contributed by atoms with Gasteiger partial charge in [0, 0.05) is 5.88 Å². The van der Waals surface area contributed by atoms with Gasteiger partial charge in [-0.25, -0.2) is 0 Å². The monoisotopic (exact) mass is 274 g/mol. The molecule has 1 unspecified atom stereocenters. The summed E-state index contributed by atoms with van der Waals surface area (Å²) in [7, 11) is 0. The van der Waals surface area contributed by atoms with Gasteiger partial charge in [-0.05, 0) is 54.5 Å². The largest absolute Gasteiger partial charge is 0.508 e. The fourth-order valence-electron chi connectivity index (χ4n) is 2.35. The zero-order valence-electron chi connectivity index (χ0n) is 11.1. The molecule has 0 fully saturated rings. The summed E-state index contributed by atoms with van der Waals surface area (Å²) in [5.41, 5.74) is 3.81. The second-order valence-electron chi connectivity index (χ2n) is 5.02. The van der Waals surface area contributed by atoms with Gasteiger partial charge in [-0.1, -0.05) is 36.4 Å². The zero-order chi connectivity index (χ0) is 13.7. The third kappa shape index (κ3) is 4.00. The van der Waals surface area contributed by atoms with Crippen molar-refractivity contribution in [2.24, 2.45) is 5.92 Å². The average Bonchev–Trinajstić information content (AvgIpc) is 2.40. The van der Waals surface area contributed by atoms with Crippen molar-refractivity contribution in [3.63, 3.8) is 0 Å². The maximum absolute atomic E-state index is 9.50. The highest BCUT2D eigenvalue weighted by Gasteiger charge is 2.11. The highest BCUT2D eigenvalue weighted by Crippen LogP contribution is 2.20. The molecule has 0 aliphatic carbocycles. The summed E-state index contributed by atoms with van der Waals surface area (Å²) in [6.45, 7) is 2.13. The Hall–Kier alpha value is -1.47. The van der Waals surface area contributed by atoms with Crippen LogP contribution in [0.4, 0.5) is 0 Å². The summed E-state index contributed by atoms with van der Waals surface area (Å²) in [6.07, 6.45) is 1.87. The van der Waals surface area contributed by atoms with E-state index in [1.807, 2.05) is 18.2 Å². The lowest BCUT2D eigenvalue weighted by molar-refractivity contribution is 0.473. The number of benzene rings is 2. The average molecular weight is 275 g/mol. The molecule has 0 saturated carbocycles. The van der Waals surface area contributed by atoms with E-state index in [-0.39, 0.29) is 0 Å². The first-order chi connectivity index (χ1) is 9.19. The second-order valence-corrected chi connectivity index (χ2v) is 5.33. The number of rotatable bonds is 5. The van der Waals surface area contributed by atoms with Crippen LogP contribution in [0.25, 0.3) is 0 Å². The van der Waals surface area contributed by atoms with E-state index in [9.17, 15) is 5.11 Å². The molecular weight excluding hydrogens is 256 g/mol. The highest BCUT2D eigenvalue weighted by molar-refractivity contribution is 6.18. The minimum Gasteiger partial charge on any atom is -0.508 e. The van der Waals surface area contributed by atoms with Gasteiger partial charge in [0.1, 0.15) is 5.75 Å². The lowest BCUT2D eigenvalue weighted by atomic mass is 9.92. The van der Waals surface area contributed by atoms with E-state index in [4.69, 9.17) is 11.6 Å². The van der Waals surface area contributed by atoms with Gasteiger partial charge in [-0.3, -0.25) is 0 Å². The standard InChI is InChI=1S/C17H19ClO/c1-13-5-2-3-7-16(13)10-15(12-18)9-14-6-4-8-17(19)11-14/h2-8,11,15,19H,9-10,12H2,1H3. The van der Waals surface area contributed by atoms with Crippen LogP contribution in [-0.4, -0.2) is 11.0 Å². The molecule has 2 heteroatoms. The van der Waals surface area contributed by atoms with Gasteiger partial charge in [-0.15, -0.1) is 11.6 Å². The molecule has 1 nitrogen and oxygen atoms in total. The van der Waals surface area contributed by atoms with Gasteiger partial charge < -0.3 is 5.11 Å². The Morgan fingerprint density at radius 2 is 1.84 bits per heavy atom. The Bertz CT molecular complexity index is 536.